The van der Waals surface area contributed by atoms with Gasteiger partial charge in [0.05, 0.1) is 5.41 Å². The van der Waals surface area contributed by atoms with Crippen molar-refractivity contribution < 1.29 is 4.42 Å². The van der Waals surface area contributed by atoms with E-state index in [1.165, 1.54) is 43.2 Å². The number of furan rings is 1. The van der Waals surface area contributed by atoms with Crippen LogP contribution in [0, 0.1) is 0 Å². The molecule has 0 bridgehead atoms. The van der Waals surface area contributed by atoms with Crippen molar-refractivity contribution in [2.75, 3.05) is 0 Å². The second-order valence-corrected chi connectivity index (χ2v) is 10.5. The highest BCUT2D eigenvalue weighted by Gasteiger charge is 2.50. The number of fused-ring (bicyclic) bond motifs is 13. The maximum absolute atomic E-state index is 6.45. The first-order valence-electron chi connectivity index (χ1n) is 11.4. The van der Waals surface area contributed by atoms with Crippen LogP contribution in [0.25, 0.3) is 33.1 Å². The van der Waals surface area contributed by atoms with Gasteiger partial charge in [-0.05, 0) is 63.7 Å². The Kier molecular flexibility index (Phi) is 3.65. The van der Waals surface area contributed by atoms with Crippen molar-refractivity contribution in [1.82, 2.24) is 0 Å². The van der Waals surface area contributed by atoms with Crippen LogP contribution in [0.5, 0.6) is 0 Å². The van der Waals surface area contributed by atoms with Crippen LogP contribution in [0.4, 0.5) is 0 Å². The lowest BCUT2D eigenvalue weighted by molar-refractivity contribution is 0.666. The third kappa shape index (κ3) is 2.18. The molecule has 6 aromatic rings. The summed E-state index contributed by atoms with van der Waals surface area (Å²) in [7, 11) is 0. The Morgan fingerprint density at radius 1 is 0.618 bits per heavy atom. The Hall–Kier alpha value is -3.46. The lowest BCUT2D eigenvalue weighted by atomic mass is 9.67. The molecule has 0 amide bonds. The van der Waals surface area contributed by atoms with E-state index in [1.54, 1.807) is 0 Å². The predicted octanol–water partition coefficient (Wildman–Crippen LogP) is 9.07. The van der Waals surface area contributed by atoms with E-state index in [-0.39, 0.29) is 5.41 Å². The summed E-state index contributed by atoms with van der Waals surface area (Å²) < 4.78 is 6.28. The third-order valence-corrected chi connectivity index (χ3v) is 8.85. The van der Waals surface area contributed by atoms with E-state index in [0.717, 1.165) is 27.0 Å². The highest BCUT2D eigenvalue weighted by Crippen LogP contribution is 2.63. The van der Waals surface area contributed by atoms with Gasteiger partial charge in [0.2, 0.25) is 0 Å². The molecular formula is C31H17ClOS. The zero-order valence-corrected chi connectivity index (χ0v) is 19.6. The lowest BCUT2D eigenvalue weighted by Crippen LogP contribution is -2.31. The van der Waals surface area contributed by atoms with Crippen molar-refractivity contribution in [3.8, 4) is 11.1 Å². The highest BCUT2D eigenvalue weighted by atomic mass is 35.5. The van der Waals surface area contributed by atoms with Crippen LogP contribution in [0.2, 0.25) is 5.02 Å². The molecule has 1 nitrogen and oxygen atoms in total. The number of halogens is 1. The molecule has 160 valence electrons. The Labute approximate surface area is 206 Å². The predicted molar refractivity (Wildman–Crippen MR) is 140 cm³/mol. The monoisotopic (exact) mass is 472 g/mol. The van der Waals surface area contributed by atoms with Gasteiger partial charge in [-0.25, -0.2) is 0 Å². The first-order valence-corrected chi connectivity index (χ1v) is 12.6. The fourth-order valence-corrected chi connectivity index (χ4v) is 7.66. The summed E-state index contributed by atoms with van der Waals surface area (Å²) in [5.41, 5.74) is 9.36. The van der Waals surface area contributed by atoms with Gasteiger partial charge in [0, 0.05) is 25.6 Å². The normalized spacial score (nSPS) is 14.7. The highest BCUT2D eigenvalue weighted by molar-refractivity contribution is 7.99. The maximum atomic E-state index is 6.45. The Balaban J connectivity index is 1.61. The van der Waals surface area contributed by atoms with Crippen LogP contribution in [-0.2, 0) is 5.41 Å². The van der Waals surface area contributed by atoms with Gasteiger partial charge in [0.25, 0.3) is 0 Å². The fraction of sp³-hybridized carbons (Fsp3) is 0.0323. The summed E-state index contributed by atoms with van der Waals surface area (Å²) in [5, 5.41) is 2.94. The Morgan fingerprint density at radius 3 is 2.03 bits per heavy atom. The van der Waals surface area contributed by atoms with Gasteiger partial charge in [-0.1, -0.05) is 96.2 Å². The minimum absolute atomic E-state index is 0.374. The van der Waals surface area contributed by atoms with Gasteiger partial charge in [0.15, 0.2) is 0 Å². The second-order valence-electron chi connectivity index (χ2n) is 9.00. The van der Waals surface area contributed by atoms with Crippen LogP contribution in [-0.4, -0.2) is 0 Å². The molecule has 1 aromatic heterocycles. The van der Waals surface area contributed by atoms with Crippen molar-refractivity contribution in [1.29, 1.82) is 0 Å². The lowest BCUT2D eigenvalue weighted by Gasteiger charge is -2.39. The summed E-state index contributed by atoms with van der Waals surface area (Å²) in [6.45, 7) is 0. The summed E-state index contributed by atoms with van der Waals surface area (Å²) in [6, 6.07) is 37.0. The zero-order chi connectivity index (χ0) is 22.4. The van der Waals surface area contributed by atoms with E-state index in [2.05, 4.69) is 84.9 Å². The molecular weight excluding hydrogens is 456 g/mol. The molecule has 1 aliphatic carbocycles. The van der Waals surface area contributed by atoms with Crippen molar-refractivity contribution in [3.63, 3.8) is 0 Å². The smallest absolute Gasteiger partial charge is 0.136 e. The van der Waals surface area contributed by atoms with Gasteiger partial charge < -0.3 is 4.42 Å². The summed E-state index contributed by atoms with van der Waals surface area (Å²) >= 11 is 8.29. The van der Waals surface area contributed by atoms with Gasteiger partial charge in [-0.3, -0.25) is 0 Å². The van der Waals surface area contributed by atoms with E-state index < -0.39 is 0 Å². The van der Waals surface area contributed by atoms with Crippen LogP contribution in [0.3, 0.4) is 0 Å². The molecule has 2 heterocycles. The third-order valence-electron chi connectivity index (χ3n) is 7.41. The molecule has 0 saturated heterocycles. The van der Waals surface area contributed by atoms with Crippen LogP contribution in [0.15, 0.2) is 117 Å². The average molecular weight is 473 g/mol. The number of hydrogen-bond acceptors (Lipinski definition) is 2. The molecule has 0 fully saturated rings. The number of benzene rings is 5. The Morgan fingerprint density at radius 2 is 1.26 bits per heavy atom. The molecule has 1 aliphatic heterocycles. The van der Waals surface area contributed by atoms with Gasteiger partial charge >= 0.3 is 0 Å². The number of hydrogen-bond donors (Lipinski definition) is 0. The Bertz CT molecular complexity index is 1770. The molecule has 2 aliphatic rings. The van der Waals surface area contributed by atoms with Gasteiger partial charge in [-0.2, -0.15) is 0 Å². The van der Waals surface area contributed by atoms with Crippen molar-refractivity contribution >= 4 is 45.3 Å². The molecule has 34 heavy (non-hydrogen) atoms. The molecule has 0 N–H and O–H groups in total. The molecule has 3 heteroatoms. The molecule has 0 atom stereocenters. The largest absolute Gasteiger partial charge is 0.456 e. The summed E-state index contributed by atoms with van der Waals surface area (Å²) in [4.78, 5) is 2.54. The maximum Gasteiger partial charge on any atom is 0.136 e. The van der Waals surface area contributed by atoms with Crippen LogP contribution < -0.4 is 0 Å². The first-order chi connectivity index (χ1) is 16.8. The van der Waals surface area contributed by atoms with Crippen LogP contribution in [0.1, 0.15) is 22.3 Å². The zero-order valence-electron chi connectivity index (χ0n) is 18.0. The topological polar surface area (TPSA) is 13.1 Å². The molecule has 1 spiro atoms. The molecule has 5 aromatic carbocycles. The quantitative estimate of drug-likeness (QED) is 0.218. The minimum Gasteiger partial charge on any atom is -0.456 e. The standard InChI is InChI=1S/C31H17ClOS/c32-18-13-15-26-21(17-18)29-27(33-26)16-14-25-30(29)34-28-12-6-5-11-24(28)31(25)22-9-3-1-7-19(22)20-8-2-4-10-23(20)31/h1-17H. The second kappa shape index (κ2) is 6.56. The van der Waals surface area contributed by atoms with E-state index in [0.29, 0.717) is 0 Å². The first kappa shape index (κ1) is 18.9. The van der Waals surface area contributed by atoms with Gasteiger partial charge in [0.1, 0.15) is 11.2 Å². The molecule has 0 saturated carbocycles. The summed E-state index contributed by atoms with van der Waals surface area (Å²) in [5.74, 6) is 0. The molecule has 0 unspecified atom stereocenters. The van der Waals surface area contributed by atoms with E-state index in [4.69, 9.17) is 16.0 Å². The summed E-state index contributed by atoms with van der Waals surface area (Å²) in [6.07, 6.45) is 0. The fourth-order valence-electron chi connectivity index (χ4n) is 6.15. The van der Waals surface area contributed by atoms with Crippen LogP contribution >= 0.6 is 23.4 Å². The molecule has 8 rings (SSSR count). The van der Waals surface area contributed by atoms with E-state index in [1.807, 2.05) is 30.0 Å². The molecule has 0 radical (unpaired) electrons. The van der Waals surface area contributed by atoms with Crippen molar-refractivity contribution in [3.05, 3.63) is 130 Å². The SMILES string of the molecule is Clc1ccc2oc3ccc4c(c3c2c1)Sc1ccccc1C41c2ccccc2-c2ccccc21. The average Bonchev–Trinajstić information content (AvgIpc) is 3.39. The van der Waals surface area contributed by atoms with Gasteiger partial charge in [-0.15, -0.1) is 0 Å². The van der Waals surface area contributed by atoms with E-state index >= 15 is 0 Å². The van der Waals surface area contributed by atoms with Crippen molar-refractivity contribution in [2.24, 2.45) is 0 Å². The minimum atomic E-state index is -0.374. The van der Waals surface area contributed by atoms with Crippen molar-refractivity contribution in [2.45, 2.75) is 15.2 Å². The number of rotatable bonds is 0. The van der Waals surface area contributed by atoms with E-state index in [9.17, 15) is 0 Å².